The second kappa shape index (κ2) is 5.05. The molecule has 3 rings (SSSR count). The van der Waals surface area contributed by atoms with Gasteiger partial charge in [0.1, 0.15) is 11.9 Å². The van der Waals surface area contributed by atoms with Crippen molar-refractivity contribution in [3.63, 3.8) is 0 Å². The van der Waals surface area contributed by atoms with Crippen LogP contribution < -0.4 is 15.2 Å². The second-order valence-electron chi connectivity index (χ2n) is 4.71. The van der Waals surface area contributed by atoms with E-state index in [0.717, 1.165) is 11.1 Å². The Balaban J connectivity index is 1.91. The number of benzene rings is 1. The molecule has 0 amide bonds. The Morgan fingerprint density at radius 2 is 2.15 bits per heavy atom. The van der Waals surface area contributed by atoms with E-state index in [0.29, 0.717) is 30.5 Å². The highest BCUT2D eigenvalue weighted by Gasteiger charge is 2.22. The zero-order valence-corrected chi connectivity index (χ0v) is 11.5. The van der Waals surface area contributed by atoms with Crippen molar-refractivity contribution in [3.05, 3.63) is 24.4 Å². The number of hydrogen-bond donors (Lipinski definition) is 1. The van der Waals surface area contributed by atoms with Crippen LogP contribution in [0.3, 0.4) is 0 Å². The number of ether oxygens (including phenoxy) is 3. The topological polar surface area (TPSA) is 71.5 Å². The number of anilines is 1. The molecule has 2 heterocycles. The minimum absolute atomic E-state index is 0.109. The van der Waals surface area contributed by atoms with Crippen LogP contribution >= 0.6 is 0 Å². The molecule has 0 bridgehead atoms. The summed E-state index contributed by atoms with van der Waals surface area (Å²) in [5, 5.41) is 4.14. The van der Waals surface area contributed by atoms with Gasteiger partial charge in [-0.15, -0.1) is 0 Å². The Bertz CT molecular complexity index is 620. The summed E-state index contributed by atoms with van der Waals surface area (Å²) in [6.45, 7) is 1.25. The first-order valence-electron chi connectivity index (χ1n) is 6.39. The van der Waals surface area contributed by atoms with E-state index in [4.69, 9.17) is 19.9 Å². The van der Waals surface area contributed by atoms with E-state index in [1.54, 1.807) is 18.0 Å². The molecule has 1 saturated heterocycles. The number of nitrogens with two attached hydrogens (primary N) is 1. The summed E-state index contributed by atoms with van der Waals surface area (Å²) in [5.41, 5.74) is 7.82. The molecule has 2 N–H and O–H groups in total. The molecule has 1 fully saturated rings. The van der Waals surface area contributed by atoms with Gasteiger partial charge in [0, 0.05) is 12.6 Å². The predicted octanol–water partition coefficient (Wildman–Crippen LogP) is 1.46. The summed E-state index contributed by atoms with van der Waals surface area (Å²) < 4.78 is 17.9. The van der Waals surface area contributed by atoms with Crippen molar-refractivity contribution in [2.75, 3.05) is 26.1 Å². The highest BCUT2D eigenvalue weighted by molar-refractivity contribution is 5.75. The number of nitrogen functional groups attached to an aromatic ring is 1. The van der Waals surface area contributed by atoms with Crippen molar-refractivity contribution in [3.8, 4) is 22.6 Å². The van der Waals surface area contributed by atoms with Gasteiger partial charge in [-0.3, -0.25) is 4.68 Å². The Morgan fingerprint density at radius 1 is 1.35 bits per heavy atom. The maximum atomic E-state index is 5.99. The van der Waals surface area contributed by atoms with Gasteiger partial charge >= 0.3 is 0 Å². The normalized spacial score (nSPS) is 14.9. The molecule has 1 aromatic heterocycles. The summed E-state index contributed by atoms with van der Waals surface area (Å²) in [4.78, 5) is 0. The molecule has 1 aromatic carbocycles. The third kappa shape index (κ3) is 2.18. The van der Waals surface area contributed by atoms with Gasteiger partial charge in [0.05, 0.1) is 26.5 Å². The molecule has 1 aliphatic rings. The van der Waals surface area contributed by atoms with Crippen LogP contribution in [0, 0.1) is 0 Å². The van der Waals surface area contributed by atoms with Crippen LogP contribution in [0.25, 0.3) is 11.1 Å². The van der Waals surface area contributed by atoms with Crippen molar-refractivity contribution in [1.82, 2.24) is 9.78 Å². The molecule has 0 spiro atoms. The SMILES string of the molecule is COc1cc(-c2cnn(C)c2N)ccc1OC1COC1. The lowest BCUT2D eigenvalue weighted by Crippen LogP contribution is -2.38. The van der Waals surface area contributed by atoms with Crippen LogP contribution in [0.4, 0.5) is 5.82 Å². The van der Waals surface area contributed by atoms with Crippen molar-refractivity contribution < 1.29 is 14.2 Å². The molecule has 20 heavy (non-hydrogen) atoms. The molecular formula is C14H17N3O3. The number of nitrogens with zero attached hydrogens (tertiary/aromatic N) is 2. The monoisotopic (exact) mass is 275 g/mol. The van der Waals surface area contributed by atoms with E-state index < -0.39 is 0 Å². The van der Waals surface area contributed by atoms with Gasteiger partial charge in [-0.2, -0.15) is 5.10 Å². The number of rotatable bonds is 4. The van der Waals surface area contributed by atoms with Crippen LogP contribution in [-0.4, -0.2) is 36.2 Å². The number of hydrogen-bond acceptors (Lipinski definition) is 5. The molecule has 0 saturated carbocycles. The molecule has 0 aliphatic carbocycles. The standard InChI is InChI=1S/C14H17N3O3/c1-17-14(15)11(6-16-17)9-3-4-12(13(5-9)18-2)20-10-7-19-8-10/h3-6,10H,7-8,15H2,1-2H3. The molecular weight excluding hydrogens is 258 g/mol. The van der Waals surface area contributed by atoms with Crippen LogP contribution in [0.5, 0.6) is 11.5 Å². The van der Waals surface area contributed by atoms with Crippen LogP contribution in [0.2, 0.25) is 0 Å². The lowest BCUT2D eigenvalue weighted by molar-refractivity contribution is -0.0803. The summed E-state index contributed by atoms with van der Waals surface area (Å²) in [6, 6.07) is 5.74. The van der Waals surface area contributed by atoms with E-state index >= 15 is 0 Å². The maximum Gasteiger partial charge on any atom is 0.161 e. The first kappa shape index (κ1) is 12.8. The lowest BCUT2D eigenvalue weighted by Gasteiger charge is -2.27. The minimum atomic E-state index is 0.109. The second-order valence-corrected chi connectivity index (χ2v) is 4.71. The number of methoxy groups -OCH3 is 1. The van der Waals surface area contributed by atoms with E-state index in [9.17, 15) is 0 Å². The van der Waals surface area contributed by atoms with Crippen molar-refractivity contribution >= 4 is 5.82 Å². The largest absolute Gasteiger partial charge is 0.493 e. The average molecular weight is 275 g/mol. The summed E-state index contributed by atoms with van der Waals surface area (Å²) in [6.07, 6.45) is 1.85. The van der Waals surface area contributed by atoms with Gasteiger partial charge in [0.2, 0.25) is 0 Å². The number of aromatic nitrogens is 2. The fraction of sp³-hybridized carbons (Fsp3) is 0.357. The van der Waals surface area contributed by atoms with E-state index in [1.807, 2.05) is 25.2 Å². The third-order valence-corrected chi connectivity index (χ3v) is 3.36. The predicted molar refractivity (Wildman–Crippen MR) is 74.8 cm³/mol. The van der Waals surface area contributed by atoms with Gasteiger partial charge in [-0.05, 0) is 17.7 Å². The molecule has 1 aliphatic heterocycles. The van der Waals surface area contributed by atoms with Crippen molar-refractivity contribution in [2.24, 2.45) is 7.05 Å². The van der Waals surface area contributed by atoms with E-state index in [-0.39, 0.29) is 6.10 Å². The maximum absolute atomic E-state index is 5.99. The van der Waals surface area contributed by atoms with E-state index in [2.05, 4.69) is 5.10 Å². The molecule has 2 aromatic rings. The first-order chi connectivity index (χ1) is 9.69. The van der Waals surface area contributed by atoms with Crippen molar-refractivity contribution in [1.29, 1.82) is 0 Å². The van der Waals surface area contributed by atoms with Gasteiger partial charge in [0.25, 0.3) is 0 Å². The van der Waals surface area contributed by atoms with Gasteiger partial charge in [-0.25, -0.2) is 0 Å². The fourth-order valence-electron chi connectivity index (χ4n) is 2.06. The molecule has 0 unspecified atom stereocenters. The lowest BCUT2D eigenvalue weighted by atomic mass is 10.1. The molecule has 106 valence electrons. The summed E-state index contributed by atoms with van der Waals surface area (Å²) in [7, 11) is 3.43. The van der Waals surface area contributed by atoms with E-state index in [1.165, 1.54) is 0 Å². The summed E-state index contributed by atoms with van der Waals surface area (Å²) in [5.74, 6) is 2.01. The highest BCUT2D eigenvalue weighted by Crippen LogP contribution is 2.35. The van der Waals surface area contributed by atoms with Crippen LogP contribution in [0.1, 0.15) is 0 Å². The molecule has 6 heteroatoms. The smallest absolute Gasteiger partial charge is 0.161 e. The molecule has 0 radical (unpaired) electrons. The van der Waals surface area contributed by atoms with Crippen LogP contribution in [0.15, 0.2) is 24.4 Å². The Kier molecular flexibility index (Phi) is 3.23. The van der Waals surface area contributed by atoms with Crippen molar-refractivity contribution in [2.45, 2.75) is 6.10 Å². The molecule has 0 atom stereocenters. The minimum Gasteiger partial charge on any atom is -0.493 e. The fourth-order valence-corrected chi connectivity index (χ4v) is 2.06. The van der Waals surface area contributed by atoms with Gasteiger partial charge in [0.15, 0.2) is 11.5 Å². The average Bonchev–Trinajstić information content (AvgIpc) is 2.74. The molecule has 6 nitrogen and oxygen atoms in total. The number of aryl methyl sites for hydroxylation is 1. The summed E-state index contributed by atoms with van der Waals surface area (Å²) >= 11 is 0. The third-order valence-electron chi connectivity index (χ3n) is 3.36. The van der Waals surface area contributed by atoms with Gasteiger partial charge < -0.3 is 19.9 Å². The van der Waals surface area contributed by atoms with Crippen LogP contribution in [-0.2, 0) is 11.8 Å². The Labute approximate surface area is 117 Å². The quantitative estimate of drug-likeness (QED) is 0.914. The zero-order chi connectivity index (χ0) is 14.1. The zero-order valence-electron chi connectivity index (χ0n) is 11.5. The Morgan fingerprint density at radius 3 is 2.70 bits per heavy atom. The first-order valence-corrected chi connectivity index (χ1v) is 6.39. The highest BCUT2D eigenvalue weighted by atomic mass is 16.6. The van der Waals surface area contributed by atoms with Gasteiger partial charge in [-0.1, -0.05) is 6.07 Å². The Hall–Kier alpha value is -2.21.